The van der Waals surface area contributed by atoms with Crippen LogP contribution >= 0.6 is 23.2 Å². The first-order valence-electron chi connectivity index (χ1n) is 11.5. The Bertz CT molecular complexity index is 1420. The second-order valence-corrected chi connectivity index (χ2v) is 9.90. The van der Waals surface area contributed by atoms with Crippen LogP contribution in [0.1, 0.15) is 31.4 Å². The van der Waals surface area contributed by atoms with E-state index in [0.717, 1.165) is 16.0 Å². The van der Waals surface area contributed by atoms with Crippen LogP contribution in [0.2, 0.25) is 10.0 Å². The van der Waals surface area contributed by atoms with Gasteiger partial charge in [-0.15, -0.1) is 0 Å². The van der Waals surface area contributed by atoms with Crippen molar-refractivity contribution in [1.82, 2.24) is 4.90 Å². The van der Waals surface area contributed by atoms with Gasteiger partial charge in [0.2, 0.25) is 0 Å². The lowest BCUT2D eigenvalue weighted by molar-refractivity contribution is -0.605. The molecule has 4 rings (SSSR count). The van der Waals surface area contributed by atoms with Gasteiger partial charge in [0.05, 0.1) is 27.9 Å². The number of ether oxygens (including phenoxy) is 1. The van der Waals surface area contributed by atoms with Gasteiger partial charge in [0, 0.05) is 18.7 Å². The second-order valence-electron chi connectivity index (χ2n) is 9.11. The zero-order valence-corrected chi connectivity index (χ0v) is 22.0. The molecule has 37 heavy (non-hydrogen) atoms. The number of aromatic nitrogens is 1. The summed E-state index contributed by atoms with van der Waals surface area (Å²) in [6.07, 6.45) is 3.29. The number of hydrogen-bond acceptors (Lipinski definition) is 5. The van der Waals surface area contributed by atoms with E-state index in [4.69, 9.17) is 27.9 Å². The number of rotatable bonds is 7. The molecule has 2 heterocycles. The van der Waals surface area contributed by atoms with E-state index in [2.05, 4.69) is 0 Å². The standard InChI is InChI=1S/C27H24Cl2N4O4/c1-17-22(7-5-20(16-30)24(17)29)33-25(34)27(2,3)32(26(33)35)11-4-14-37-23-8-6-19(15-21(23)28)18-9-12-31(36)13-10-18/h5-10,12-13,15H,4,11,14H2,1-3H3. The lowest BCUT2D eigenvalue weighted by Crippen LogP contribution is -2.44. The summed E-state index contributed by atoms with van der Waals surface area (Å²) in [7, 11) is 0. The Kier molecular flexibility index (Phi) is 7.30. The van der Waals surface area contributed by atoms with E-state index in [1.165, 1.54) is 23.4 Å². The van der Waals surface area contributed by atoms with E-state index in [0.29, 0.717) is 33.2 Å². The van der Waals surface area contributed by atoms with Crippen LogP contribution < -0.4 is 14.4 Å². The number of nitrogens with zero attached hydrogens (tertiary/aromatic N) is 4. The minimum absolute atomic E-state index is 0.217. The van der Waals surface area contributed by atoms with Crippen LogP contribution in [0.4, 0.5) is 10.5 Å². The Labute approximate surface area is 224 Å². The fraction of sp³-hybridized carbons (Fsp3) is 0.259. The highest BCUT2D eigenvalue weighted by molar-refractivity contribution is 6.33. The molecule has 2 aromatic carbocycles. The van der Waals surface area contributed by atoms with Crippen LogP contribution in [0.15, 0.2) is 54.9 Å². The van der Waals surface area contributed by atoms with Gasteiger partial charge in [-0.2, -0.15) is 9.99 Å². The molecule has 0 bridgehead atoms. The fourth-order valence-electron chi connectivity index (χ4n) is 4.23. The summed E-state index contributed by atoms with van der Waals surface area (Å²) < 4.78 is 6.55. The molecule has 0 radical (unpaired) electrons. The number of carbonyl (C=O) groups excluding carboxylic acids is 2. The normalized spacial score (nSPS) is 14.7. The fourth-order valence-corrected chi connectivity index (χ4v) is 4.67. The van der Waals surface area contributed by atoms with Crippen LogP contribution in [0.5, 0.6) is 5.75 Å². The van der Waals surface area contributed by atoms with E-state index in [1.807, 2.05) is 12.1 Å². The molecule has 10 heteroatoms. The summed E-state index contributed by atoms with van der Waals surface area (Å²) in [6.45, 7) is 5.63. The number of hydrogen-bond donors (Lipinski definition) is 0. The molecule has 0 spiro atoms. The Morgan fingerprint density at radius 2 is 1.78 bits per heavy atom. The first kappa shape index (κ1) is 26.3. The largest absolute Gasteiger partial charge is 0.619 e. The Hall–Kier alpha value is -3.80. The van der Waals surface area contributed by atoms with E-state index < -0.39 is 11.6 Å². The van der Waals surface area contributed by atoms with E-state index >= 15 is 0 Å². The third kappa shape index (κ3) is 4.93. The SMILES string of the molecule is Cc1c(N2C(=O)N(CCCOc3ccc(-c4cc[n+]([O-])cc4)cc3Cl)C(C)(C)C2=O)ccc(C#N)c1Cl. The molecule has 1 aromatic heterocycles. The van der Waals surface area contributed by atoms with Crippen LogP contribution in [0, 0.1) is 23.5 Å². The molecule has 1 fully saturated rings. The topological polar surface area (TPSA) is 101 Å². The summed E-state index contributed by atoms with van der Waals surface area (Å²) in [5.74, 6) is 0.122. The molecule has 8 nitrogen and oxygen atoms in total. The van der Waals surface area contributed by atoms with Crippen LogP contribution in [-0.4, -0.2) is 35.5 Å². The molecule has 0 atom stereocenters. The summed E-state index contributed by atoms with van der Waals surface area (Å²) in [5, 5.41) is 21.1. The van der Waals surface area contributed by atoms with Gasteiger partial charge in [0.1, 0.15) is 17.4 Å². The van der Waals surface area contributed by atoms with Crippen molar-refractivity contribution in [3.05, 3.63) is 81.2 Å². The van der Waals surface area contributed by atoms with E-state index in [-0.39, 0.29) is 29.6 Å². The van der Waals surface area contributed by atoms with Crippen molar-refractivity contribution in [2.45, 2.75) is 32.7 Å². The third-order valence-corrected chi connectivity index (χ3v) is 7.18. The number of nitriles is 1. The van der Waals surface area contributed by atoms with Gasteiger partial charge in [-0.05, 0) is 68.1 Å². The quantitative estimate of drug-likeness (QED) is 0.171. The first-order chi connectivity index (χ1) is 17.6. The summed E-state index contributed by atoms with van der Waals surface area (Å²) in [5.41, 5.74) is 1.76. The van der Waals surface area contributed by atoms with E-state index in [1.54, 1.807) is 51.1 Å². The van der Waals surface area contributed by atoms with Gasteiger partial charge in [0.15, 0.2) is 12.4 Å². The predicted molar refractivity (Wildman–Crippen MR) is 141 cm³/mol. The number of benzene rings is 2. The van der Waals surface area contributed by atoms with E-state index in [9.17, 15) is 20.1 Å². The van der Waals surface area contributed by atoms with Crippen LogP contribution in [0.25, 0.3) is 11.1 Å². The van der Waals surface area contributed by atoms with Crippen molar-refractivity contribution in [3.63, 3.8) is 0 Å². The highest BCUT2D eigenvalue weighted by atomic mass is 35.5. The van der Waals surface area contributed by atoms with Crippen LogP contribution in [0.3, 0.4) is 0 Å². The highest BCUT2D eigenvalue weighted by Crippen LogP contribution is 2.37. The molecule has 3 aromatic rings. The van der Waals surface area contributed by atoms with Crippen molar-refractivity contribution >= 4 is 40.8 Å². The van der Waals surface area contributed by atoms with Crippen molar-refractivity contribution in [2.75, 3.05) is 18.1 Å². The zero-order valence-electron chi connectivity index (χ0n) is 20.5. The lowest BCUT2D eigenvalue weighted by Gasteiger charge is -2.27. The molecule has 0 saturated carbocycles. The zero-order chi connectivity index (χ0) is 26.9. The smallest absolute Gasteiger partial charge is 0.332 e. The Morgan fingerprint density at radius 1 is 1.08 bits per heavy atom. The Balaban J connectivity index is 1.42. The van der Waals surface area contributed by atoms with Gasteiger partial charge in [-0.1, -0.05) is 29.3 Å². The maximum atomic E-state index is 13.3. The van der Waals surface area contributed by atoms with Gasteiger partial charge in [-0.25, -0.2) is 9.69 Å². The van der Waals surface area contributed by atoms with Crippen molar-refractivity contribution in [3.8, 4) is 22.9 Å². The molecule has 0 unspecified atom stereocenters. The highest BCUT2D eigenvalue weighted by Gasteiger charge is 2.51. The number of urea groups is 1. The number of pyridine rings is 1. The monoisotopic (exact) mass is 538 g/mol. The molecule has 0 N–H and O–H groups in total. The first-order valence-corrected chi connectivity index (χ1v) is 12.3. The molecule has 1 aliphatic heterocycles. The molecule has 0 aliphatic carbocycles. The van der Waals surface area contributed by atoms with Crippen LogP contribution in [-0.2, 0) is 4.79 Å². The summed E-state index contributed by atoms with van der Waals surface area (Å²) in [6, 6.07) is 13.4. The Morgan fingerprint density at radius 3 is 2.43 bits per heavy atom. The maximum absolute atomic E-state index is 13.3. The lowest BCUT2D eigenvalue weighted by atomic mass is 10.0. The molecule has 190 valence electrons. The minimum Gasteiger partial charge on any atom is -0.619 e. The number of imide groups is 1. The van der Waals surface area contributed by atoms with Crippen molar-refractivity contribution in [1.29, 1.82) is 5.26 Å². The third-order valence-electron chi connectivity index (χ3n) is 6.39. The molecule has 1 saturated heterocycles. The number of carbonyl (C=O) groups is 2. The van der Waals surface area contributed by atoms with Gasteiger partial charge < -0.3 is 14.8 Å². The van der Waals surface area contributed by atoms with Crippen molar-refractivity contribution in [2.24, 2.45) is 0 Å². The maximum Gasteiger partial charge on any atom is 0.332 e. The van der Waals surface area contributed by atoms with Gasteiger partial charge >= 0.3 is 6.03 Å². The summed E-state index contributed by atoms with van der Waals surface area (Å²) in [4.78, 5) is 29.2. The summed E-state index contributed by atoms with van der Waals surface area (Å²) >= 11 is 12.7. The number of halogens is 2. The molecular weight excluding hydrogens is 515 g/mol. The average Bonchev–Trinajstić information content (AvgIpc) is 3.03. The second kappa shape index (κ2) is 10.3. The molecule has 3 amide bonds. The van der Waals surface area contributed by atoms with Gasteiger partial charge in [0.25, 0.3) is 5.91 Å². The molecule has 1 aliphatic rings. The minimum atomic E-state index is -1.07. The number of amides is 3. The number of anilines is 1. The average molecular weight is 539 g/mol. The molecular formula is C27H24Cl2N4O4. The van der Waals surface area contributed by atoms with Gasteiger partial charge in [-0.3, -0.25) is 4.79 Å². The predicted octanol–water partition coefficient (Wildman–Crippen LogP) is 5.49. The van der Waals surface area contributed by atoms with Crippen molar-refractivity contribution < 1.29 is 19.1 Å².